The highest BCUT2D eigenvalue weighted by Crippen LogP contribution is 2.25. The van der Waals surface area contributed by atoms with E-state index in [0.29, 0.717) is 6.42 Å². The predicted molar refractivity (Wildman–Crippen MR) is 67.9 cm³/mol. The molecule has 17 heavy (non-hydrogen) atoms. The number of rotatable bonds is 5. The van der Waals surface area contributed by atoms with Crippen LogP contribution in [0.1, 0.15) is 24.2 Å². The van der Waals surface area contributed by atoms with Crippen molar-refractivity contribution in [2.75, 3.05) is 0 Å². The highest BCUT2D eigenvalue weighted by atomic mass is 16.3. The molecule has 0 unspecified atom stereocenters. The molecule has 2 aromatic rings. The molecule has 0 spiro atoms. The van der Waals surface area contributed by atoms with Gasteiger partial charge in [-0.05, 0) is 25.0 Å². The topological polar surface area (TPSA) is 30.2 Å². The SMILES string of the molecule is Cc1cc(-c2ccccc2)oc1CCCC=O. The third-order valence-electron chi connectivity index (χ3n) is 2.80. The van der Waals surface area contributed by atoms with E-state index in [1.807, 2.05) is 37.3 Å². The highest BCUT2D eigenvalue weighted by molar-refractivity contribution is 5.58. The number of hydrogen-bond donors (Lipinski definition) is 0. The third kappa shape index (κ3) is 2.84. The van der Waals surface area contributed by atoms with Crippen LogP contribution in [0, 0.1) is 6.92 Å². The first-order valence-electron chi connectivity index (χ1n) is 5.89. The molecule has 2 rings (SSSR count). The lowest BCUT2D eigenvalue weighted by Crippen LogP contribution is -1.85. The summed E-state index contributed by atoms with van der Waals surface area (Å²) >= 11 is 0. The fraction of sp³-hybridized carbons (Fsp3) is 0.267. The Morgan fingerprint density at radius 1 is 1.24 bits per heavy atom. The number of unbranched alkanes of at least 4 members (excludes halogenated alkanes) is 1. The molecule has 0 radical (unpaired) electrons. The van der Waals surface area contributed by atoms with E-state index in [2.05, 4.69) is 6.07 Å². The van der Waals surface area contributed by atoms with Crippen molar-refractivity contribution in [2.45, 2.75) is 26.2 Å². The number of carbonyl (C=O) groups is 1. The minimum Gasteiger partial charge on any atom is -0.461 e. The standard InChI is InChI=1S/C15H16O2/c1-12-11-15(13-7-3-2-4-8-13)17-14(12)9-5-6-10-16/h2-4,7-8,10-11H,5-6,9H2,1H3. The van der Waals surface area contributed by atoms with Crippen LogP contribution in [0.15, 0.2) is 40.8 Å². The molecule has 0 saturated carbocycles. The summed E-state index contributed by atoms with van der Waals surface area (Å²) in [4.78, 5) is 10.3. The van der Waals surface area contributed by atoms with Crippen molar-refractivity contribution in [1.29, 1.82) is 0 Å². The number of aryl methyl sites for hydroxylation is 2. The van der Waals surface area contributed by atoms with Crippen molar-refractivity contribution in [3.63, 3.8) is 0 Å². The molecular weight excluding hydrogens is 212 g/mol. The molecule has 1 heterocycles. The van der Waals surface area contributed by atoms with Gasteiger partial charge < -0.3 is 9.21 Å². The first-order valence-corrected chi connectivity index (χ1v) is 5.89. The van der Waals surface area contributed by atoms with Crippen molar-refractivity contribution >= 4 is 6.29 Å². The first-order chi connectivity index (χ1) is 8.31. The molecule has 0 atom stereocenters. The van der Waals surface area contributed by atoms with Crippen molar-refractivity contribution in [3.05, 3.63) is 47.7 Å². The second-order valence-corrected chi connectivity index (χ2v) is 4.14. The van der Waals surface area contributed by atoms with Gasteiger partial charge in [-0.25, -0.2) is 0 Å². The molecule has 0 N–H and O–H groups in total. The van der Waals surface area contributed by atoms with Crippen molar-refractivity contribution in [1.82, 2.24) is 0 Å². The molecule has 0 aliphatic heterocycles. The fourth-order valence-corrected chi connectivity index (χ4v) is 1.86. The molecule has 0 bridgehead atoms. The summed E-state index contributed by atoms with van der Waals surface area (Å²) in [5.74, 6) is 1.90. The van der Waals surface area contributed by atoms with Gasteiger partial charge in [0, 0.05) is 18.4 Å². The lowest BCUT2D eigenvalue weighted by Gasteiger charge is -1.97. The van der Waals surface area contributed by atoms with E-state index in [-0.39, 0.29) is 0 Å². The van der Waals surface area contributed by atoms with E-state index < -0.39 is 0 Å². The molecule has 1 aromatic carbocycles. The average molecular weight is 228 g/mol. The van der Waals surface area contributed by atoms with Crippen molar-refractivity contribution < 1.29 is 9.21 Å². The first kappa shape index (κ1) is 11.6. The maximum absolute atomic E-state index is 10.3. The lowest BCUT2D eigenvalue weighted by molar-refractivity contribution is -0.107. The van der Waals surface area contributed by atoms with Gasteiger partial charge in [0.1, 0.15) is 17.8 Å². The zero-order valence-corrected chi connectivity index (χ0v) is 9.98. The molecule has 0 fully saturated rings. The minimum absolute atomic E-state index is 0.598. The number of furan rings is 1. The normalized spacial score (nSPS) is 10.4. The van der Waals surface area contributed by atoms with Crippen LogP contribution < -0.4 is 0 Å². The summed E-state index contributed by atoms with van der Waals surface area (Å²) in [6.07, 6.45) is 3.24. The average Bonchev–Trinajstić information content (AvgIpc) is 2.73. The maximum Gasteiger partial charge on any atom is 0.134 e. The third-order valence-corrected chi connectivity index (χ3v) is 2.80. The van der Waals surface area contributed by atoms with Gasteiger partial charge in [-0.3, -0.25) is 0 Å². The summed E-state index contributed by atoms with van der Waals surface area (Å²) in [6.45, 7) is 2.05. The van der Waals surface area contributed by atoms with E-state index >= 15 is 0 Å². The number of benzene rings is 1. The Kier molecular flexibility index (Phi) is 3.76. The quantitative estimate of drug-likeness (QED) is 0.576. The Bertz CT molecular complexity index is 483. The van der Waals surface area contributed by atoms with Gasteiger partial charge in [0.15, 0.2) is 0 Å². The van der Waals surface area contributed by atoms with Gasteiger partial charge >= 0.3 is 0 Å². The van der Waals surface area contributed by atoms with E-state index in [1.165, 1.54) is 0 Å². The van der Waals surface area contributed by atoms with E-state index in [0.717, 1.165) is 41.8 Å². The van der Waals surface area contributed by atoms with Crippen LogP contribution in [0.2, 0.25) is 0 Å². The Labute approximate surface area is 101 Å². The molecular formula is C15H16O2. The maximum atomic E-state index is 10.3. The smallest absolute Gasteiger partial charge is 0.134 e. The van der Waals surface area contributed by atoms with Crippen LogP contribution in [-0.2, 0) is 11.2 Å². The van der Waals surface area contributed by atoms with Gasteiger partial charge in [-0.2, -0.15) is 0 Å². The van der Waals surface area contributed by atoms with Crippen LogP contribution in [0.3, 0.4) is 0 Å². The number of aldehydes is 1. The van der Waals surface area contributed by atoms with Gasteiger partial charge in [0.05, 0.1) is 0 Å². The van der Waals surface area contributed by atoms with E-state index in [1.54, 1.807) is 0 Å². The summed E-state index contributed by atoms with van der Waals surface area (Å²) in [5.41, 5.74) is 2.26. The van der Waals surface area contributed by atoms with Gasteiger partial charge in [0.25, 0.3) is 0 Å². The molecule has 2 heteroatoms. The Morgan fingerprint density at radius 2 is 2.00 bits per heavy atom. The van der Waals surface area contributed by atoms with Crippen LogP contribution in [0.25, 0.3) is 11.3 Å². The van der Waals surface area contributed by atoms with Crippen molar-refractivity contribution in [3.8, 4) is 11.3 Å². The minimum atomic E-state index is 0.598. The monoisotopic (exact) mass is 228 g/mol. The Balaban J connectivity index is 2.16. The molecule has 0 aliphatic rings. The zero-order valence-electron chi connectivity index (χ0n) is 9.98. The van der Waals surface area contributed by atoms with Gasteiger partial charge in [-0.1, -0.05) is 30.3 Å². The second kappa shape index (κ2) is 5.48. The summed E-state index contributed by atoms with van der Waals surface area (Å²) < 4.78 is 5.83. The Morgan fingerprint density at radius 3 is 2.71 bits per heavy atom. The summed E-state index contributed by atoms with van der Waals surface area (Å²) in [6, 6.07) is 12.1. The fourth-order valence-electron chi connectivity index (χ4n) is 1.86. The molecule has 0 saturated heterocycles. The second-order valence-electron chi connectivity index (χ2n) is 4.14. The van der Waals surface area contributed by atoms with Crippen molar-refractivity contribution in [2.24, 2.45) is 0 Å². The van der Waals surface area contributed by atoms with Crippen LogP contribution >= 0.6 is 0 Å². The largest absolute Gasteiger partial charge is 0.461 e. The Hall–Kier alpha value is -1.83. The van der Waals surface area contributed by atoms with Gasteiger partial charge in [-0.15, -0.1) is 0 Å². The predicted octanol–water partition coefficient (Wildman–Crippen LogP) is 3.78. The highest BCUT2D eigenvalue weighted by Gasteiger charge is 2.08. The molecule has 0 aliphatic carbocycles. The zero-order chi connectivity index (χ0) is 12.1. The van der Waals surface area contributed by atoms with Crippen LogP contribution in [0.4, 0.5) is 0 Å². The molecule has 0 amide bonds. The van der Waals surface area contributed by atoms with E-state index in [4.69, 9.17) is 4.42 Å². The summed E-state index contributed by atoms with van der Waals surface area (Å²) in [5, 5.41) is 0. The van der Waals surface area contributed by atoms with E-state index in [9.17, 15) is 4.79 Å². The molecule has 1 aromatic heterocycles. The van der Waals surface area contributed by atoms with Crippen LogP contribution in [-0.4, -0.2) is 6.29 Å². The number of hydrogen-bond acceptors (Lipinski definition) is 2. The molecule has 2 nitrogen and oxygen atoms in total. The molecule has 88 valence electrons. The van der Waals surface area contributed by atoms with Gasteiger partial charge in [0.2, 0.25) is 0 Å². The summed E-state index contributed by atoms with van der Waals surface area (Å²) in [7, 11) is 0. The van der Waals surface area contributed by atoms with Crippen LogP contribution in [0.5, 0.6) is 0 Å². The number of carbonyl (C=O) groups excluding carboxylic acids is 1. The lowest BCUT2D eigenvalue weighted by atomic mass is 10.1.